The van der Waals surface area contributed by atoms with Gasteiger partial charge in [0.05, 0.1) is 0 Å². The molecule has 0 fully saturated rings. The number of ether oxygens (including phenoxy) is 1. The molecule has 0 aliphatic heterocycles. The average molecular weight is 207 g/mol. The highest BCUT2D eigenvalue weighted by Gasteiger charge is 2.60. The monoisotopic (exact) mass is 207 g/mol. The van der Waals surface area contributed by atoms with E-state index in [1.807, 2.05) is 0 Å². The average Bonchev–Trinajstić information content (AvgIpc) is 1.82. The van der Waals surface area contributed by atoms with E-state index in [1.165, 1.54) is 0 Å². The first-order valence-corrected chi connectivity index (χ1v) is 2.91. The minimum Gasteiger partial charge on any atom is -0.540 e. The van der Waals surface area contributed by atoms with Gasteiger partial charge < -0.3 is 14.6 Å². The smallest absolute Gasteiger partial charge is 0.455 e. The molecule has 13 heavy (non-hydrogen) atoms. The number of carbonyl (C=O) groups excluding carboxylic acids is 1. The molecule has 0 spiro atoms. The Bertz CT molecular complexity index is 199. The molecule has 78 valence electrons. The molecule has 3 nitrogen and oxygen atoms in total. The Morgan fingerprint density at radius 3 is 1.92 bits per heavy atom. The van der Waals surface area contributed by atoms with Gasteiger partial charge in [0.2, 0.25) is 0 Å². The molecular weight excluding hydrogens is 203 g/mol. The lowest BCUT2D eigenvalue weighted by molar-refractivity contribution is -0.334. The van der Waals surface area contributed by atoms with Gasteiger partial charge in [-0.2, -0.15) is 22.0 Å². The van der Waals surface area contributed by atoms with Crippen LogP contribution in [-0.2, 0) is 4.74 Å². The van der Waals surface area contributed by atoms with Crippen LogP contribution in [0.1, 0.15) is 6.92 Å². The van der Waals surface area contributed by atoms with Gasteiger partial charge in [0, 0.05) is 0 Å². The number of alkyl halides is 5. The predicted molar refractivity (Wildman–Crippen MR) is 26.9 cm³/mol. The molecule has 0 rings (SSSR count). The zero-order valence-electron chi connectivity index (χ0n) is 6.19. The van der Waals surface area contributed by atoms with Crippen LogP contribution in [0.3, 0.4) is 0 Å². The fraction of sp³-hybridized carbons (Fsp3) is 0.800. The SMILES string of the molecule is CC(OC(=O)[O-])C(F)(F)C(F)(F)F. The number of carbonyl (C=O) groups is 1. The van der Waals surface area contributed by atoms with Crippen LogP contribution in [0.25, 0.3) is 0 Å². The zero-order valence-corrected chi connectivity index (χ0v) is 6.19. The van der Waals surface area contributed by atoms with E-state index in [0.717, 1.165) is 0 Å². The van der Waals surface area contributed by atoms with Crippen molar-refractivity contribution in [1.29, 1.82) is 0 Å². The summed E-state index contributed by atoms with van der Waals surface area (Å²) in [7, 11) is 0. The third-order valence-electron chi connectivity index (χ3n) is 1.16. The largest absolute Gasteiger partial charge is 0.540 e. The molecule has 0 heterocycles. The molecule has 0 radical (unpaired) electrons. The van der Waals surface area contributed by atoms with Crippen molar-refractivity contribution in [2.24, 2.45) is 0 Å². The number of hydrogen-bond donors (Lipinski definition) is 0. The molecule has 0 aromatic heterocycles. The van der Waals surface area contributed by atoms with Gasteiger partial charge in [-0.25, -0.2) is 0 Å². The van der Waals surface area contributed by atoms with Crippen molar-refractivity contribution in [3.8, 4) is 0 Å². The molecular formula is C5H4F5O3-. The van der Waals surface area contributed by atoms with E-state index in [2.05, 4.69) is 4.74 Å². The van der Waals surface area contributed by atoms with Crippen molar-refractivity contribution in [1.82, 2.24) is 0 Å². The summed E-state index contributed by atoms with van der Waals surface area (Å²) in [6.07, 6.45) is -11.1. The molecule has 0 N–H and O–H groups in total. The molecule has 1 atom stereocenters. The minimum absolute atomic E-state index is 0.281. The Morgan fingerprint density at radius 2 is 1.69 bits per heavy atom. The van der Waals surface area contributed by atoms with Crippen molar-refractivity contribution in [2.45, 2.75) is 25.1 Å². The summed E-state index contributed by atoms with van der Waals surface area (Å²) >= 11 is 0. The molecule has 0 saturated carbocycles. The van der Waals surface area contributed by atoms with Crippen LogP contribution in [0.5, 0.6) is 0 Å². The van der Waals surface area contributed by atoms with Gasteiger partial charge in [0.15, 0.2) is 0 Å². The van der Waals surface area contributed by atoms with Crippen LogP contribution < -0.4 is 5.11 Å². The maximum Gasteiger partial charge on any atom is 0.455 e. The predicted octanol–water partition coefficient (Wildman–Crippen LogP) is 0.932. The van der Waals surface area contributed by atoms with E-state index in [1.54, 1.807) is 0 Å². The van der Waals surface area contributed by atoms with Crippen LogP contribution >= 0.6 is 0 Å². The normalized spacial score (nSPS) is 15.2. The van der Waals surface area contributed by atoms with Crippen LogP contribution in [0.4, 0.5) is 26.7 Å². The van der Waals surface area contributed by atoms with Crippen LogP contribution in [0.15, 0.2) is 0 Å². The Morgan fingerprint density at radius 1 is 1.31 bits per heavy atom. The highest BCUT2D eigenvalue weighted by molar-refractivity contribution is 5.54. The van der Waals surface area contributed by atoms with E-state index in [4.69, 9.17) is 0 Å². The van der Waals surface area contributed by atoms with Gasteiger partial charge in [-0.05, 0) is 6.92 Å². The number of carboxylic acid groups (broad SMARTS) is 1. The summed E-state index contributed by atoms with van der Waals surface area (Å²) in [6, 6.07) is 0. The summed E-state index contributed by atoms with van der Waals surface area (Å²) < 4.78 is 61.9. The highest BCUT2D eigenvalue weighted by Crippen LogP contribution is 2.39. The molecule has 8 heteroatoms. The van der Waals surface area contributed by atoms with E-state index < -0.39 is 24.4 Å². The van der Waals surface area contributed by atoms with Crippen LogP contribution in [0.2, 0.25) is 0 Å². The summed E-state index contributed by atoms with van der Waals surface area (Å²) in [6.45, 7) is 0.281. The third kappa shape index (κ3) is 2.71. The Labute approximate surface area is 69.1 Å². The van der Waals surface area contributed by atoms with Gasteiger partial charge in [0.25, 0.3) is 6.16 Å². The van der Waals surface area contributed by atoms with Crippen molar-refractivity contribution in [2.75, 3.05) is 0 Å². The van der Waals surface area contributed by atoms with E-state index in [-0.39, 0.29) is 6.92 Å². The Hall–Kier alpha value is -1.08. The van der Waals surface area contributed by atoms with Gasteiger partial charge in [-0.15, -0.1) is 0 Å². The van der Waals surface area contributed by atoms with Crippen LogP contribution in [0, 0.1) is 0 Å². The molecule has 1 unspecified atom stereocenters. The van der Waals surface area contributed by atoms with E-state index >= 15 is 0 Å². The topological polar surface area (TPSA) is 49.4 Å². The molecule has 0 aromatic carbocycles. The molecule has 0 saturated heterocycles. The zero-order chi connectivity index (χ0) is 10.9. The van der Waals surface area contributed by atoms with Gasteiger partial charge in [0.1, 0.15) is 6.10 Å². The maximum absolute atomic E-state index is 12.1. The molecule has 0 aliphatic carbocycles. The third-order valence-corrected chi connectivity index (χ3v) is 1.16. The van der Waals surface area contributed by atoms with Crippen molar-refractivity contribution < 1.29 is 36.6 Å². The second kappa shape index (κ2) is 3.35. The lowest BCUT2D eigenvalue weighted by Crippen LogP contribution is -2.48. The first kappa shape index (κ1) is 11.9. The summed E-state index contributed by atoms with van der Waals surface area (Å²) in [5.74, 6) is -5.22. The van der Waals surface area contributed by atoms with Gasteiger partial charge in [-0.1, -0.05) is 0 Å². The highest BCUT2D eigenvalue weighted by atomic mass is 19.4. The van der Waals surface area contributed by atoms with E-state index in [9.17, 15) is 31.9 Å². The maximum atomic E-state index is 12.1. The van der Waals surface area contributed by atoms with Gasteiger partial charge in [-0.3, -0.25) is 0 Å². The van der Waals surface area contributed by atoms with Crippen molar-refractivity contribution >= 4 is 6.16 Å². The fourth-order valence-corrected chi connectivity index (χ4v) is 0.449. The Kier molecular flexibility index (Phi) is 3.07. The second-order valence-electron chi connectivity index (χ2n) is 2.13. The van der Waals surface area contributed by atoms with Gasteiger partial charge >= 0.3 is 12.1 Å². The summed E-state index contributed by atoms with van der Waals surface area (Å²) in [5.41, 5.74) is 0. The quantitative estimate of drug-likeness (QED) is 0.500. The summed E-state index contributed by atoms with van der Waals surface area (Å²) in [5, 5.41) is 9.55. The van der Waals surface area contributed by atoms with E-state index in [0.29, 0.717) is 0 Å². The van der Waals surface area contributed by atoms with Crippen molar-refractivity contribution in [3.63, 3.8) is 0 Å². The lowest BCUT2D eigenvalue weighted by atomic mass is 10.2. The van der Waals surface area contributed by atoms with Crippen molar-refractivity contribution in [3.05, 3.63) is 0 Å². The first-order chi connectivity index (χ1) is 5.59. The second-order valence-corrected chi connectivity index (χ2v) is 2.13. The first-order valence-electron chi connectivity index (χ1n) is 2.91. The summed E-state index contributed by atoms with van der Waals surface area (Å²) in [4.78, 5) is 9.55. The fourth-order valence-electron chi connectivity index (χ4n) is 0.449. The molecule has 0 bridgehead atoms. The molecule has 0 amide bonds. The molecule has 0 aliphatic rings. The number of halogens is 5. The number of hydrogen-bond acceptors (Lipinski definition) is 3. The lowest BCUT2D eigenvalue weighted by Gasteiger charge is -2.28. The van der Waals surface area contributed by atoms with Crippen LogP contribution in [-0.4, -0.2) is 24.4 Å². The minimum atomic E-state index is -5.85. The molecule has 0 aromatic rings. The number of rotatable bonds is 2. The standard InChI is InChI=1S/C5H5F5O3/c1-2(13-3(11)12)4(6,7)5(8,9)10/h2H,1H3,(H,11,12)/p-1. The Balaban J connectivity index is 4.54.